The number of benzene rings is 2. The molecular formula is C30H35NO5. The van der Waals surface area contributed by atoms with E-state index in [-0.39, 0.29) is 29.5 Å². The molecule has 190 valence electrons. The Hall–Kier alpha value is -3.54. The molecule has 2 atom stereocenters. The summed E-state index contributed by atoms with van der Waals surface area (Å²) in [5, 5.41) is 13.6. The molecular weight excluding hydrogens is 454 g/mol. The number of Topliss-reactive ketones (excluding diaryl/α,β-unsaturated/α-hetero) is 1. The summed E-state index contributed by atoms with van der Waals surface area (Å²) >= 11 is 0. The first-order valence-electron chi connectivity index (χ1n) is 12.5. The Morgan fingerprint density at radius 3 is 2.58 bits per heavy atom. The fourth-order valence-corrected chi connectivity index (χ4v) is 5.01. The van der Waals surface area contributed by atoms with Crippen LogP contribution in [0.5, 0.6) is 11.5 Å². The third-order valence-electron chi connectivity index (χ3n) is 7.38. The molecule has 6 heteroatoms. The van der Waals surface area contributed by atoms with Gasteiger partial charge >= 0.3 is 5.97 Å². The van der Waals surface area contributed by atoms with E-state index in [1.807, 2.05) is 37.3 Å². The van der Waals surface area contributed by atoms with Crippen molar-refractivity contribution in [2.24, 2.45) is 5.41 Å². The zero-order valence-corrected chi connectivity index (χ0v) is 21.7. The minimum Gasteiger partial charge on any atom is -0.508 e. The van der Waals surface area contributed by atoms with Gasteiger partial charge in [0, 0.05) is 35.2 Å². The van der Waals surface area contributed by atoms with Crippen LogP contribution in [0.3, 0.4) is 0 Å². The average Bonchev–Trinajstić information content (AvgIpc) is 2.86. The number of allylic oxidation sites excluding steroid dienone is 3. The number of methoxy groups -OCH3 is 1. The number of aromatic hydroxyl groups is 1. The summed E-state index contributed by atoms with van der Waals surface area (Å²) in [6, 6.07) is 14.6. The smallest absolute Gasteiger partial charge is 0.336 e. The van der Waals surface area contributed by atoms with Gasteiger partial charge in [0.25, 0.3) is 0 Å². The van der Waals surface area contributed by atoms with Gasteiger partial charge in [-0.15, -0.1) is 0 Å². The molecule has 0 bridgehead atoms. The second-order valence-electron chi connectivity index (χ2n) is 10.4. The lowest BCUT2D eigenvalue weighted by Gasteiger charge is -2.37. The molecule has 0 amide bonds. The lowest BCUT2D eigenvalue weighted by molar-refractivity contribution is -0.142. The van der Waals surface area contributed by atoms with Crippen LogP contribution in [0.15, 0.2) is 71.1 Å². The highest BCUT2D eigenvalue weighted by Gasteiger charge is 2.42. The number of ketones is 1. The molecule has 0 saturated heterocycles. The molecule has 0 aromatic heterocycles. The van der Waals surface area contributed by atoms with Crippen molar-refractivity contribution in [2.45, 2.75) is 58.8 Å². The minimum atomic E-state index is -0.614. The van der Waals surface area contributed by atoms with Gasteiger partial charge in [-0.05, 0) is 54.5 Å². The monoisotopic (exact) mass is 489 g/mol. The van der Waals surface area contributed by atoms with Crippen molar-refractivity contribution in [3.05, 3.63) is 82.2 Å². The predicted molar refractivity (Wildman–Crippen MR) is 139 cm³/mol. The van der Waals surface area contributed by atoms with E-state index in [1.54, 1.807) is 25.3 Å². The first kappa shape index (κ1) is 25.5. The van der Waals surface area contributed by atoms with Crippen LogP contribution in [-0.4, -0.2) is 30.6 Å². The Balaban J connectivity index is 1.76. The van der Waals surface area contributed by atoms with E-state index in [1.165, 1.54) is 0 Å². The van der Waals surface area contributed by atoms with Gasteiger partial charge in [0.2, 0.25) is 0 Å². The lowest BCUT2D eigenvalue weighted by atomic mass is 9.71. The van der Waals surface area contributed by atoms with E-state index in [9.17, 15) is 14.7 Å². The maximum atomic E-state index is 13.7. The Bertz CT molecular complexity index is 1240. The Morgan fingerprint density at radius 2 is 1.89 bits per heavy atom. The van der Waals surface area contributed by atoms with Gasteiger partial charge in [-0.3, -0.25) is 4.79 Å². The molecule has 1 aliphatic heterocycles. The molecule has 2 aliphatic rings. The fourth-order valence-electron chi connectivity index (χ4n) is 5.01. The van der Waals surface area contributed by atoms with Gasteiger partial charge in [0.05, 0.1) is 19.3 Å². The Kier molecular flexibility index (Phi) is 7.25. The van der Waals surface area contributed by atoms with E-state index in [0.29, 0.717) is 35.2 Å². The van der Waals surface area contributed by atoms with E-state index in [2.05, 4.69) is 26.1 Å². The SMILES string of the molecule is CCC(C)(C)COC(=O)C1=C(C)NC2=C(C(=O)C[C@H](c3ccccc3OC)C2)[C@@H]1c1cccc(O)c1. The molecule has 36 heavy (non-hydrogen) atoms. The van der Waals surface area contributed by atoms with Gasteiger partial charge in [0.15, 0.2) is 5.78 Å². The molecule has 0 unspecified atom stereocenters. The van der Waals surface area contributed by atoms with Crippen molar-refractivity contribution >= 4 is 11.8 Å². The second-order valence-corrected chi connectivity index (χ2v) is 10.4. The average molecular weight is 490 g/mol. The van der Waals surface area contributed by atoms with E-state index in [4.69, 9.17) is 9.47 Å². The third-order valence-corrected chi connectivity index (χ3v) is 7.38. The molecule has 1 aliphatic carbocycles. The molecule has 1 heterocycles. The lowest BCUT2D eigenvalue weighted by Crippen LogP contribution is -2.36. The van der Waals surface area contributed by atoms with Crippen molar-refractivity contribution in [2.75, 3.05) is 13.7 Å². The van der Waals surface area contributed by atoms with Crippen LogP contribution in [0.1, 0.15) is 69.9 Å². The van der Waals surface area contributed by atoms with Crippen molar-refractivity contribution in [1.29, 1.82) is 0 Å². The molecule has 0 spiro atoms. The number of hydrogen-bond acceptors (Lipinski definition) is 6. The highest BCUT2D eigenvalue weighted by molar-refractivity contribution is 6.04. The number of nitrogens with one attached hydrogen (secondary N) is 1. The first-order chi connectivity index (χ1) is 17.1. The van der Waals surface area contributed by atoms with Crippen molar-refractivity contribution in [1.82, 2.24) is 5.32 Å². The Morgan fingerprint density at radius 1 is 1.14 bits per heavy atom. The van der Waals surface area contributed by atoms with Crippen LogP contribution in [0, 0.1) is 5.41 Å². The molecule has 2 N–H and O–H groups in total. The zero-order valence-electron chi connectivity index (χ0n) is 21.7. The summed E-state index contributed by atoms with van der Waals surface area (Å²) in [5.41, 5.74) is 3.97. The van der Waals surface area contributed by atoms with Gasteiger partial charge < -0.3 is 19.9 Å². The molecule has 2 aromatic carbocycles. The maximum absolute atomic E-state index is 13.7. The highest BCUT2D eigenvalue weighted by Crippen LogP contribution is 2.47. The normalized spacial score (nSPS) is 20.1. The van der Waals surface area contributed by atoms with E-state index >= 15 is 0 Å². The number of phenolic OH excluding ortho intramolecular Hbond substituents is 1. The summed E-state index contributed by atoms with van der Waals surface area (Å²) in [4.78, 5) is 27.2. The number of dihydropyridines is 1. The van der Waals surface area contributed by atoms with Gasteiger partial charge in [-0.2, -0.15) is 0 Å². The molecule has 0 fully saturated rings. The number of rotatable bonds is 7. The summed E-state index contributed by atoms with van der Waals surface area (Å²) in [6.07, 6.45) is 1.78. The van der Waals surface area contributed by atoms with Crippen molar-refractivity contribution in [3.63, 3.8) is 0 Å². The van der Waals surface area contributed by atoms with Crippen molar-refractivity contribution < 1.29 is 24.2 Å². The minimum absolute atomic E-state index is 0.0281. The van der Waals surface area contributed by atoms with Crippen LogP contribution in [0.2, 0.25) is 0 Å². The standard InChI is InChI=1S/C30H35NO5/c1-6-30(3,4)17-36-29(34)26-18(2)31-23-15-20(22-12-7-8-13-25(22)35-5)16-24(33)28(23)27(26)19-10-9-11-21(32)14-19/h7-14,20,27,31-32H,6,15-17H2,1-5H3/t20-,27-/m1/s1. The van der Waals surface area contributed by atoms with Crippen LogP contribution >= 0.6 is 0 Å². The third kappa shape index (κ3) is 5.03. The van der Waals surface area contributed by atoms with Crippen LogP contribution in [-0.2, 0) is 14.3 Å². The van der Waals surface area contributed by atoms with E-state index in [0.717, 1.165) is 23.4 Å². The number of phenols is 1. The fraction of sp³-hybridized carbons (Fsp3) is 0.400. The number of carbonyl (C=O) groups excluding carboxylic acids is 2. The number of para-hydroxylation sites is 1. The van der Waals surface area contributed by atoms with Gasteiger partial charge in [0.1, 0.15) is 11.5 Å². The topological polar surface area (TPSA) is 84.9 Å². The molecule has 6 nitrogen and oxygen atoms in total. The van der Waals surface area contributed by atoms with Gasteiger partial charge in [-0.1, -0.05) is 51.1 Å². The summed E-state index contributed by atoms with van der Waals surface area (Å²) in [5.74, 6) is -0.288. The van der Waals surface area contributed by atoms with Gasteiger partial charge in [-0.25, -0.2) is 4.79 Å². The number of hydrogen-bond donors (Lipinski definition) is 2. The second kappa shape index (κ2) is 10.2. The molecule has 0 saturated carbocycles. The summed E-state index contributed by atoms with van der Waals surface area (Å²) in [6.45, 7) is 8.29. The summed E-state index contributed by atoms with van der Waals surface area (Å²) in [7, 11) is 1.63. The quantitative estimate of drug-likeness (QED) is 0.483. The molecule has 2 aromatic rings. The predicted octanol–water partition coefficient (Wildman–Crippen LogP) is 5.74. The number of ether oxygens (including phenoxy) is 2. The Labute approximate surface area is 213 Å². The van der Waals surface area contributed by atoms with E-state index < -0.39 is 11.9 Å². The molecule has 4 rings (SSSR count). The summed E-state index contributed by atoms with van der Waals surface area (Å²) < 4.78 is 11.3. The maximum Gasteiger partial charge on any atom is 0.336 e. The highest BCUT2D eigenvalue weighted by atomic mass is 16.5. The van der Waals surface area contributed by atoms with Crippen LogP contribution in [0.4, 0.5) is 0 Å². The molecule has 0 radical (unpaired) electrons. The largest absolute Gasteiger partial charge is 0.508 e. The number of carbonyl (C=O) groups is 2. The van der Waals surface area contributed by atoms with Crippen LogP contribution in [0.25, 0.3) is 0 Å². The first-order valence-corrected chi connectivity index (χ1v) is 12.5. The zero-order chi connectivity index (χ0) is 26.0. The van der Waals surface area contributed by atoms with Crippen LogP contribution < -0.4 is 10.1 Å². The van der Waals surface area contributed by atoms with Crippen molar-refractivity contribution in [3.8, 4) is 11.5 Å². The number of esters is 1.